The van der Waals surface area contributed by atoms with Crippen molar-refractivity contribution in [3.63, 3.8) is 0 Å². The number of rotatable bonds is 6. The van der Waals surface area contributed by atoms with Crippen LogP contribution in [0.25, 0.3) is 0 Å². The molecule has 0 spiro atoms. The lowest BCUT2D eigenvalue weighted by atomic mass is 10.2. The Balaban J connectivity index is 2.36. The fraction of sp³-hybridized carbons (Fsp3) is 0.333. The fourth-order valence-electron chi connectivity index (χ4n) is 2.13. The number of benzene rings is 1. The molecule has 1 amide bonds. The van der Waals surface area contributed by atoms with Gasteiger partial charge in [-0.3, -0.25) is 10.1 Å². The monoisotopic (exact) mass is 371 g/mol. The molecule has 0 aliphatic heterocycles. The lowest BCUT2D eigenvalue weighted by Gasteiger charge is -2.18. The SMILES string of the molecule is CCN(CC)S(=O)(=O)c1ccc(F)c(C(=O)Nc2nc(C)cs2)c1. The molecule has 6 nitrogen and oxygen atoms in total. The zero-order chi connectivity index (χ0) is 17.9. The second-order valence-electron chi connectivity index (χ2n) is 4.98. The van der Waals surface area contributed by atoms with Crippen LogP contribution in [-0.2, 0) is 10.0 Å². The maximum Gasteiger partial charge on any atom is 0.260 e. The van der Waals surface area contributed by atoms with E-state index in [0.717, 1.165) is 23.9 Å². The van der Waals surface area contributed by atoms with Crippen molar-refractivity contribution < 1.29 is 17.6 Å². The van der Waals surface area contributed by atoms with Gasteiger partial charge in [0.15, 0.2) is 5.13 Å². The van der Waals surface area contributed by atoms with Crippen molar-refractivity contribution in [1.82, 2.24) is 9.29 Å². The van der Waals surface area contributed by atoms with Crippen LogP contribution in [-0.4, -0.2) is 36.7 Å². The lowest BCUT2D eigenvalue weighted by Crippen LogP contribution is -2.31. The van der Waals surface area contributed by atoms with Crippen LogP contribution < -0.4 is 5.32 Å². The predicted molar refractivity (Wildman–Crippen MR) is 91.3 cm³/mol. The molecule has 0 aliphatic carbocycles. The molecule has 9 heteroatoms. The molecule has 0 fully saturated rings. The van der Waals surface area contributed by atoms with Gasteiger partial charge in [-0.15, -0.1) is 11.3 Å². The van der Waals surface area contributed by atoms with Crippen LogP contribution in [0.4, 0.5) is 9.52 Å². The highest BCUT2D eigenvalue weighted by molar-refractivity contribution is 7.89. The smallest absolute Gasteiger partial charge is 0.260 e. The zero-order valence-corrected chi connectivity index (χ0v) is 15.2. The van der Waals surface area contributed by atoms with Gasteiger partial charge >= 0.3 is 0 Å². The maximum absolute atomic E-state index is 14.0. The van der Waals surface area contributed by atoms with E-state index in [1.807, 2.05) is 0 Å². The van der Waals surface area contributed by atoms with Crippen molar-refractivity contribution in [2.45, 2.75) is 25.7 Å². The number of nitrogens with one attached hydrogen (secondary N) is 1. The normalized spacial score (nSPS) is 11.7. The molecule has 0 bridgehead atoms. The van der Waals surface area contributed by atoms with Gasteiger partial charge in [-0.05, 0) is 25.1 Å². The summed E-state index contributed by atoms with van der Waals surface area (Å²) in [6.45, 7) is 5.77. The van der Waals surface area contributed by atoms with Gasteiger partial charge in [0.1, 0.15) is 5.82 Å². The van der Waals surface area contributed by atoms with E-state index in [-0.39, 0.29) is 23.5 Å². The second kappa shape index (κ2) is 7.37. The van der Waals surface area contributed by atoms with E-state index in [2.05, 4.69) is 10.3 Å². The van der Waals surface area contributed by atoms with Crippen molar-refractivity contribution in [3.05, 3.63) is 40.7 Å². The number of carbonyl (C=O) groups excluding carboxylic acids is 1. The largest absolute Gasteiger partial charge is 0.298 e. The molecule has 130 valence electrons. The van der Waals surface area contributed by atoms with Crippen LogP contribution >= 0.6 is 11.3 Å². The first kappa shape index (κ1) is 18.5. The van der Waals surface area contributed by atoms with Gasteiger partial charge in [0.05, 0.1) is 16.2 Å². The number of aryl methyl sites for hydroxylation is 1. The summed E-state index contributed by atoms with van der Waals surface area (Å²) in [7, 11) is -3.77. The molecule has 1 N–H and O–H groups in total. The summed E-state index contributed by atoms with van der Waals surface area (Å²) in [6, 6.07) is 3.20. The van der Waals surface area contributed by atoms with Gasteiger partial charge in [0.2, 0.25) is 10.0 Å². The number of sulfonamides is 1. The molecule has 2 aromatic rings. The highest BCUT2D eigenvalue weighted by Gasteiger charge is 2.24. The molecule has 0 saturated heterocycles. The van der Waals surface area contributed by atoms with Crippen molar-refractivity contribution in [1.29, 1.82) is 0 Å². The average Bonchev–Trinajstić information content (AvgIpc) is 2.93. The molecule has 0 saturated carbocycles. The molecular weight excluding hydrogens is 353 g/mol. The van der Waals surface area contributed by atoms with E-state index in [4.69, 9.17) is 0 Å². The summed E-state index contributed by atoms with van der Waals surface area (Å²) in [6.07, 6.45) is 0. The number of thiazole rings is 1. The number of nitrogens with zero attached hydrogens (tertiary/aromatic N) is 2. The number of amides is 1. The highest BCUT2D eigenvalue weighted by Crippen LogP contribution is 2.21. The van der Waals surface area contributed by atoms with Crippen LogP contribution in [0.5, 0.6) is 0 Å². The lowest BCUT2D eigenvalue weighted by molar-refractivity contribution is 0.102. The average molecular weight is 371 g/mol. The van der Waals surface area contributed by atoms with Crippen LogP contribution in [0.2, 0.25) is 0 Å². The molecule has 0 radical (unpaired) electrons. The number of carbonyl (C=O) groups is 1. The highest BCUT2D eigenvalue weighted by atomic mass is 32.2. The molecule has 0 aliphatic rings. The van der Waals surface area contributed by atoms with Crippen LogP contribution in [0.1, 0.15) is 29.9 Å². The van der Waals surface area contributed by atoms with Gasteiger partial charge in [-0.1, -0.05) is 13.8 Å². The van der Waals surface area contributed by atoms with E-state index in [9.17, 15) is 17.6 Å². The molecule has 24 heavy (non-hydrogen) atoms. The third kappa shape index (κ3) is 3.80. The molecule has 1 aromatic carbocycles. The van der Waals surface area contributed by atoms with E-state index in [0.29, 0.717) is 5.13 Å². The predicted octanol–water partition coefficient (Wildman–Crippen LogP) is 2.87. The Hall–Kier alpha value is -1.84. The van der Waals surface area contributed by atoms with Gasteiger partial charge in [0, 0.05) is 18.5 Å². The maximum atomic E-state index is 14.0. The van der Waals surface area contributed by atoms with Crippen molar-refractivity contribution >= 4 is 32.4 Å². The first-order chi connectivity index (χ1) is 11.3. The summed E-state index contributed by atoms with van der Waals surface area (Å²) < 4.78 is 40.2. The first-order valence-corrected chi connectivity index (χ1v) is 9.64. The summed E-state index contributed by atoms with van der Waals surface area (Å²) in [4.78, 5) is 16.2. The van der Waals surface area contributed by atoms with Gasteiger partial charge in [0.25, 0.3) is 5.91 Å². The Morgan fingerprint density at radius 1 is 1.33 bits per heavy atom. The minimum Gasteiger partial charge on any atom is -0.298 e. The van der Waals surface area contributed by atoms with Crippen molar-refractivity contribution in [2.75, 3.05) is 18.4 Å². The Morgan fingerprint density at radius 2 is 2.00 bits per heavy atom. The van der Waals surface area contributed by atoms with Crippen LogP contribution in [0.3, 0.4) is 0 Å². The molecule has 1 heterocycles. The Kier molecular flexibility index (Phi) is 5.68. The third-order valence-corrected chi connectivity index (χ3v) is 6.29. The van der Waals surface area contributed by atoms with Gasteiger partial charge in [-0.25, -0.2) is 17.8 Å². The Bertz CT molecular complexity index is 845. The quantitative estimate of drug-likeness (QED) is 0.847. The summed E-state index contributed by atoms with van der Waals surface area (Å²) in [5.74, 6) is -1.53. The number of anilines is 1. The number of halogens is 1. The fourth-order valence-corrected chi connectivity index (χ4v) is 4.30. The topological polar surface area (TPSA) is 79.4 Å². The Labute approximate surface area is 144 Å². The van der Waals surface area contributed by atoms with E-state index in [1.54, 1.807) is 26.2 Å². The molecule has 2 rings (SSSR count). The second-order valence-corrected chi connectivity index (χ2v) is 7.78. The standard InChI is InChI=1S/C15H18FN3O3S2/c1-4-19(5-2)24(21,22)11-6-7-13(16)12(8-11)14(20)18-15-17-10(3)9-23-15/h6-9H,4-5H2,1-3H3,(H,17,18,20). The first-order valence-electron chi connectivity index (χ1n) is 7.32. The van der Waals surface area contributed by atoms with E-state index in [1.165, 1.54) is 15.6 Å². The van der Waals surface area contributed by atoms with Crippen LogP contribution in [0.15, 0.2) is 28.5 Å². The molecule has 0 unspecified atom stereocenters. The number of hydrogen-bond donors (Lipinski definition) is 1. The Morgan fingerprint density at radius 3 is 2.54 bits per heavy atom. The minimum atomic E-state index is -3.77. The van der Waals surface area contributed by atoms with E-state index >= 15 is 0 Å². The summed E-state index contributed by atoms with van der Waals surface area (Å²) >= 11 is 1.21. The molecule has 1 aromatic heterocycles. The minimum absolute atomic E-state index is 0.118. The van der Waals surface area contributed by atoms with Gasteiger partial charge < -0.3 is 0 Å². The zero-order valence-electron chi connectivity index (χ0n) is 13.5. The summed E-state index contributed by atoms with van der Waals surface area (Å²) in [5, 5.41) is 4.55. The number of aromatic nitrogens is 1. The van der Waals surface area contributed by atoms with Crippen molar-refractivity contribution in [3.8, 4) is 0 Å². The number of hydrogen-bond acceptors (Lipinski definition) is 5. The summed E-state index contributed by atoms with van der Waals surface area (Å²) in [5.41, 5.74) is 0.393. The van der Waals surface area contributed by atoms with E-state index < -0.39 is 21.7 Å². The molecule has 0 atom stereocenters. The molecular formula is C15H18FN3O3S2. The third-order valence-electron chi connectivity index (χ3n) is 3.37. The van der Waals surface area contributed by atoms with Crippen LogP contribution in [0, 0.1) is 12.7 Å². The van der Waals surface area contributed by atoms with Gasteiger partial charge in [-0.2, -0.15) is 4.31 Å². The van der Waals surface area contributed by atoms with Crippen molar-refractivity contribution in [2.24, 2.45) is 0 Å².